The Labute approximate surface area is 206 Å². The van der Waals surface area contributed by atoms with Gasteiger partial charge in [-0.3, -0.25) is 19.2 Å². The number of nitrogens with two attached hydrogens (primary N) is 4. The molecule has 0 aromatic rings. The molecule has 0 aromatic carbocycles. The number of carbonyl (C=O) groups is 5. The SMILES string of the molecule is CC(C)CC(NC(=O)C(N)CC(N)=O)C(=O)NC(CCCCN)C(=O)NC(CCCCN)C(=O)O. The lowest BCUT2D eigenvalue weighted by Gasteiger charge is -2.26. The van der Waals surface area contributed by atoms with Crippen LogP contribution in [0.15, 0.2) is 0 Å². The van der Waals surface area contributed by atoms with Crippen LogP contribution in [0.4, 0.5) is 0 Å². The monoisotopic (exact) mass is 501 g/mol. The van der Waals surface area contributed by atoms with Crippen molar-refractivity contribution in [1.82, 2.24) is 16.0 Å². The van der Waals surface area contributed by atoms with Gasteiger partial charge in [0.05, 0.1) is 12.5 Å². The number of aliphatic carboxylic acids is 1. The van der Waals surface area contributed by atoms with Gasteiger partial charge in [0.25, 0.3) is 0 Å². The van der Waals surface area contributed by atoms with E-state index in [0.29, 0.717) is 38.8 Å². The molecule has 13 heteroatoms. The molecule has 0 saturated heterocycles. The Morgan fingerprint density at radius 1 is 0.743 bits per heavy atom. The molecule has 0 aliphatic heterocycles. The molecule has 0 spiro atoms. The summed E-state index contributed by atoms with van der Waals surface area (Å²) in [4.78, 5) is 61.0. The number of unbranched alkanes of at least 4 members (excludes halogenated alkanes) is 2. The van der Waals surface area contributed by atoms with E-state index in [4.69, 9.17) is 22.9 Å². The van der Waals surface area contributed by atoms with E-state index < -0.39 is 53.8 Å². The van der Waals surface area contributed by atoms with Crippen molar-refractivity contribution in [2.75, 3.05) is 13.1 Å². The second kappa shape index (κ2) is 17.6. The summed E-state index contributed by atoms with van der Waals surface area (Å²) in [7, 11) is 0. The first-order valence-corrected chi connectivity index (χ1v) is 12.0. The highest BCUT2D eigenvalue weighted by Crippen LogP contribution is 2.09. The molecule has 4 unspecified atom stereocenters. The van der Waals surface area contributed by atoms with Gasteiger partial charge in [-0.05, 0) is 64.0 Å². The molecule has 0 aliphatic carbocycles. The van der Waals surface area contributed by atoms with Crippen LogP contribution < -0.4 is 38.9 Å². The number of rotatable bonds is 19. The molecule has 35 heavy (non-hydrogen) atoms. The van der Waals surface area contributed by atoms with E-state index in [1.807, 2.05) is 13.8 Å². The van der Waals surface area contributed by atoms with E-state index in [9.17, 15) is 29.1 Å². The molecule has 202 valence electrons. The van der Waals surface area contributed by atoms with Crippen molar-refractivity contribution in [3.05, 3.63) is 0 Å². The topological polar surface area (TPSA) is 246 Å². The highest BCUT2D eigenvalue weighted by atomic mass is 16.4. The molecule has 0 radical (unpaired) electrons. The standard InChI is InChI=1S/C22H43N7O6/c1-13(2)11-17(29-19(31)14(25)12-18(26)30)21(33)27-15(7-3-5-9-23)20(32)28-16(22(34)35)8-4-6-10-24/h13-17H,3-12,23-25H2,1-2H3,(H2,26,30)(H,27,33)(H,28,32)(H,29,31)(H,34,35). The summed E-state index contributed by atoms with van der Waals surface area (Å²) in [5.74, 6) is -3.93. The first-order chi connectivity index (χ1) is 16.4. The summed E-state index contributed by atoms with van der Waals surface area (Å²) in [5.41, 5.74) is 21.7. The number of carboxylic acid groups (broad SMARTS) is 1. The zero-order chi connectivity index (χ0) is 27.0. The van der Waals surface area contributed by atoms with Crippen LogP contribution in [0.3, 0.4) is 0 Å². The van der Waals surface area contributed by atoms with Gasteiger partial charge in [-0.1, -0.05) is 13.8 Å². The van der Waals surface area contributed by atoms with Crippen LogP contribution in [-0.2, 0) is 24.0 Å². The zero-order valence-corrected chi connectivity index (χ0v) is 20.8. The lowest BCUT2D eigenvalue weighted by atomic mass is 10.0. The molecular formula is C22H43N7O6. The number of carboxylic acids is 1. The van der Waals surface area contributed by atoms with Crippen molar-refractivity contribution < 1.29 is 29.1 Å². The van der Waals surface area contributed by atoms with Crippen LogP contribution >= 0.6 is 0 Å². The normalized spacial score (nSPS) is 14.5. The van der Waals surface area contributed by atoms with E-state index in [1.54, 1.807) is 0 Å². The minimum absolute atomic E-state index is 0.00173. The van der Waals surface area contributed by atoms with Crippen LogP contribution in [0, 0.1) is 5.92 Å². The number of amides is 4. The van der Waals surface area contributed by atoms with Crippen LogP contribution in [0.25, 0.3) is 0 Å². The number of hydrogen-bond donors (Lipinski definition) is 8. The average molecular weight is 502 g/mol. The van der Waals surface area contributed by atoms with Crippen LogP contribution in [0.2, 0.25) is 0 Å². The van der Waals surface area contributed by atoms with Gasteiger partial charge in [-0.15, -0.1) is 0 Å². The highest BCUT2D eigenvalue weighted by Gasteiger charge is 2.30. The third kappa shape index (κ3) is 14.3. The summed E-state index contributed by atoms with van der Waals surface area (Å²) in [5, 5.41) is 17.1. The highest BCUT2D eigenvalue weighted by molar-refractivity contribution is 5.95. The predicted octanol–water partition coefficient (Wildman–Crippen LogP) is -1.97. The number of carbonyl (C=O) groups excluding carboxylic acids is 4. The Morgan fingerprint density at radius 2 is 1.20 bits per heavy atom. The minimum Gasteiger partial charge on any atom is -0.480 e. The number of nitrogens with one attached hydrogen (secondary N) is 3. The van der Waals surface area contributed by atoms with Gasteiger partial charge in [0.2, 0.25) is 23.6 Å². The first kappa shape index (κ1) is 32.2. The third-order valence-electron chi connectivity index (χ3n) is 5.24. The maximum Gasteiger partial charge on any atom is 0.326 e. The second-order valence-corrected chi connectivity index (χ2v) is 9.00. The van der Waals surface area contributed by atoms with Crippen molar-refractivity contribution in [2.45, 2.75) is 89.4 Å². The summed E-state index contributed by atoms with van der Waals surface area (Å²) >= 11 is 0. The fourth-order valence-corrected chi connectivity index (χ4v) is 3.35. The van der Waals surface area contributed by atoms with Crippen LogP contribution in [-0.4, -0.2) is 72.0 Å². The molecule has 0 bridgehead atoms. The molecule has 12 N–H and O–H groups in total. The Hall–Kier alpha value is -2.77. The van der Waals surface area contributed by atoms with E-state index in [2.05, 4.69) is 16.0 Å². The Bertz CT molecular complexity index is 704. The van der Waals surface area contributed by atoms with Gasteiger partial charge in [-0.2, -0.15) is 0 Å². The van der Waals surface area contributed by atoms with E-state index in [1.165, 1.54) is 0 Å². The molecule has 4 amide bonds. The fraction of sp³-hybridized carbons (Fsp3) is 0.773. The molecule has 0 fully saturated rings. The number of primary amides is 1. The van der Waals surface area contributed by atoms with E-state index >= 15 is 0 Å². The van der Waals surface area contributed by atoms with Gasteiger partial charge in [0.15, 0.2) is 0 Å². The molecule has 0 rings (SSSR count). The van der Waals surface area contributed by atoms with Crippen LogP contribution in [0.5, 0.6) is 0 Å². The molecule has 0 aliphatic rings. The summed E-state index contributed by atoms with van der Waals surface area (Å²) < 4.78 is 0. The van der Waals surface area contributed by atoms with Crippen LogP contribution in [0.1, 0.15) is 65.2 Å². The minimum atomic E-state index is -1.22. The Balaban J connectivity index is 5.48. The van der Waals surface area contributed by atoms with Crippen molar-refractivity contribution in [3.8, 4) is 0 Å². The van der Waals surface area contributed by atoms with E-state index in [-0.39, 0.29) is 31.6 Å². The smallest absolute Gasteiger partial charge is 0.326 e. The largest absolute Gasteiger partial charge is 0.480 e. The zero-order valence-electron chi connectivity index (χ0n) is 20.8. The lowest BCUT2D eigenvalue weighted by molar-refractivity contribution is -0.142. The van der Waals surface area contributed by atoms with Crippen molar-refractivity contribution in [3.63, 3.8) is 0 Å². The molecule has 4 atom stereocenters. The number of hydrogen-bond acceptors (Lipinski definition) is 8. The first-order valence-electron chi connectivity index (χ1n) is 12.0. The molecule has 13 nitrogen and oxygen atoms in total. The maximum atomic E-state index is 13.0. The van der Waals surface area contributed by atoms with Crippen molar-refractivity contribution >= 4 is 29.6 Å². The lowest BCUT2D eigenvalue weighted by Crippen LogP contribution is -2.57. The average Bonchev–Trinajstić information content (AvgIpc) is 2.76. The summed E-state index contributed by atoms with van der Waals surface area (Å²) in [6, 6.07) is -4.40. The van der Waals surface area contributed by atoms with Gasteiger partial charge < -0.3 is 44.0 Å². The molecule has 0 aromatic heterocycles. The van der Waals surface area contributed by atoms with Crippen molar-refractivity contribution in [1.29, 1.82) is 0 Å². The summed E-state index contributed by atoms with van der Waals surface area (Å²) in [6.45, 7) is 4.49. The molecular weight excluding hydrogens is 458 g/mol. The van der Waals surface area contributed by atoms with Gasteiger partial charge in [0.1, 0.15) is 18.1 Å². The Kier molecular flexibility index (Phi) is 16.2. The summed E-state index contributed by atoms with van der Waals surface area (Å²) in [6.07, 6.45) is 2.55. The quantitative estimate of drug-likeness (QED) is 0.0913. The molecule has 0 saturated carbocycles. The fourth-order valence-electron chi connectivity index (χ4n) is 3.35. The van der Waals surface area contributed by atoms with Crippen molar-refractivity contribution in [2.24, 2.45) is 28.9 Å². The third-order valence-corrected chi connectivity index (χ3v) is 5.24. The van der Waals surface area contributed by atoms with Gasteiger partial charge >= 0.3 is 5.97 Å². The predicted molar refractivity (Wildman–Crippen MR) is 130 cm³/mol. The van der Waals surface area contributed by atoms with Gasteiger partial charge in [0, 0.05) is 0 Å². The molecule has 0 heterocycles. The Morgan fingerprint density at radius 3 is 1.66 bits per heavy atom. The maximum absolute atomic E-state index is 13.0. The second-order valence-electron chi connectivity index (χ2n) is 9.00. The van der Waals surface area contributed by atoms with Gasteiger partial charge in [-0.25, -0.2) is 4.79 Å². The van der Waals surface area contributed by atoms with E-state index in [0.717, 1.165) is 0 Å².